The van der Waals surface area contributed by atoms with E-state index in [9.17, 15) is 19.2 Å². The number of rotatable bonds is 4. The van der Waals surface area contributed by atoms with Crippen molar-refractivity contribution in [3.05, 3.63) is 0 Å². The molecule has 8 heteroatoms. The van der Waals surface area contributed by atoms with Gasteiger partial charge < -0.3 is 10.1 Å². The van der Waals surface area contributed by atoms with Gasteiger partial charge in [-0.05, 0) is 13.8 Å². The van der Waals surface area contributed by atoms with Crippen LogP contribution in [-0.4, -0.2) is 43.4 Å². The molecule has 0 spiro atoms. The fraction of sp³-hybridized carbons (Fsp3) is 0.556. The van der Waals surface area contributed by atoms with Crippen LogP contribution in [0.15, 0.2) is 0 Å². The highest BCUT2D eigenvalue weighted by Crippen LogP contribution is 2.00. The zero-order valence-corrected chi connectivity index (χ0v) is 9.92. The molecule has 0 aliphatic heterocycles. The zero-order valence-electron chi connectivity index (χ0n) is 9.92. The minimum Gasteiger partial charge on any atom is -0.341 e. The van der Waals surface area contributed by atoms with E-state index in [2.05, 4.69) is 10.6 Å². The molecule has 0 aliphatic carbocycles. The predicted octanol–water partition coefficient (Wildman–Crippen LogP) is -1.28. The largest absolute Gasteiger partial charge is 0.341 e. The Hall–Kier alpha value is -1.96. The maximum Gasteiger partial charge on any atom is 0.329 e. The molecule has 8 nitrogen and oxygen atoms in total. The van der Waals surface area contributed by atoms with Crippen molar-refractivity contribution >= 4 is 24.3 Å². The van der Waals surface area contributed by atoms with Gasteiger partial charge in [0.1, 0.15) is 6.29 Å². The summed E-state index contributed by atoms with van der Waals surface area (Å²) in [5.74, 6) is -0.652. The number of urea groups is 2. The minimum absolute atomic E-state index is 0.0164. The van der Waals surface area contributed by atoms with Crippen molar-refractivity contribution < 1.29 is 19.2 Å². The highest BCUT2D eigenvalue weighted by molar-refractivity contribution is 6.04. The molecule has 4 N–H and O–H groups in total. The molecular formula is C9H16N4O4. The van der Waals surface area contributed by atoms with E-state index >= 15 is 0 Å². The van der Waals surface area contributed by atoms with E-state index in [1.54, 1.807) is 0 Å². The minimum atomic E-state index is -1.10. The molecule has 0 unspecified atom stereocenters. The van der Waals surface area contributed by atoms with Crippen LogP contribution in [0.5, 0.6) is 0 Å². The SMILES string of the molecule is CNC(=O)NC(=O)NC(=O)C(C)(C)NCC=O. The molecule has 0 aromatic carbocycles. The summed E-state index contributed by atoms with van der Waals surface area (Å²) in [5, 5.41) is 8.62. The third-order valence-electron chi connectivity index (χ3n) is 1.88. The summed E-state index contributed by atoms with van der Waals surface area (Å²) in [4.78, 5) is 43.6. The van der Waals surface area contributed by atoms with Crippen molar-refractivity contribution in [2.75, 3.05) is 13.6 Å². The van der Waals surface area contributed by atoms with Gasteiger partial charge in [-0.25, -0.2) is 9.59 Å². The number of hydrogen-bond donors (Lipinski definition) is 4. The molecule has 0 saturated heterocycles. The first-order valence-electron chi connectivity index (χ1n) is 4.86. The lowest BCUT2D eigenvalue weighted by Crippen LogP contribution is -2.57. The lowest BCUT2D eigenvalue weighted by Gasteiger charge is -2.23. The standard InChI is InChI=1S/C9H16N4O4/c1-9(2,11-4-5-14)6(15)12-8(17)13-7(16)10-3/h5,11H,4H2,1-3H3,(H3,10,12,13,15,16,17). The first-order valence-corrected chi connectivity index (χ1v) is 4.86. The van der Waals surface area contributed by atoms with Crippen molar-refractivity contribution in [1.29, 1.82) is 0 Å². The van der Waals surface area contributed by atoms with Crippen LogP contribution in [0.2, 0.25) is 0 Å². The van der Waals surface area contributed by atoms with Gasteiger partial charge in [-0.1, -0.05) is 0 Å². The Labute approximate surface area is 98.5 Å². The first-order chi connectivity index (χ1) is 7.83. The maximum atomic E-state index is 11.6. The van der Waals surface area contributed by atoms with Gasteiger partial charge in [0.05, 0.1) is 12.1 Å². The summed E-state index contributed by atoms with van der Waals surface area (Å²) in [6.45, 7) is 2.98. The van der Waals surface area contributed by atoms with Crippen LogP contribution in [0, 0.1) is 0 Å². The second-order valence-corrected chi connectivity index (χ2v) is 3.66. The van der Waals surface area contributed by atoms with Crippen molar-refractivity contribution in [3.8, 4) is 0 Å². The van der Waals surface area contributed by atoms with Crippen molar-refractivity contribution in [3.63, 3.8) is 0 Å². The summed E-state index contributed by atoms with van der Waals surface area (Å²) in [5.41, 5.74) is -1.10. The molecule has 0 aromatic heterocycles. The Kier molecular flexibility index (Phi) is 5.83. The fourth-order valence-electron chi connectivity index (χ4n) is 0.833. The van der Waals surface area contributed by atoms with Gasteiger partial charge in [-0.3, -0.25) is 20.7 Å². The number of carbonyl (C=O) groups excluding carboxylic acids is 4. The van der Waals surface area contributed by atoms with Gasteiger partial charge in [-0.2, -0.15) is 0 Å². The molecule has 0 aliphatic rings. The smallest absolute Gasteiger partial charge is 0.329 e. The van der Waals surface area contributed by atoms with Crippen LogP contribution in [0.3, 0.4) is 0 Å². The summed E-state index contributed by atoms with van der Waals surface area (Å²) in [7, 11) is 1.33. The summed E-state index contributed by atoms with van der Waals surface area (Å²) in [6, 6.07) is -1.66. The van der Waals surface area contributed by atoms with E-state index < -0.39 is 23.5 Å². The summed E-state index contributed by atoms with van der Waals surface area (Å²) >= 11 is 0. The van der Waals surface area contributed by atoms with Gasteiger partial charge >= 0.3 is 12.1 Å². The summed E-state index contributed by atoms with van der Waals surface area (Å²) in [6.07, 6.45) is 0.597. The summed E-state index contributed by atoms with van der Waals surface area (Å²) < 4.78 is 0. The predicted molar refractivity (Wildman–Crippen MR) is 59.3 cm³/mol. The normalized spacial score (nSPS) is 10.3. The van der Waals surface area contributed by atoms with Gasteiger partial charge in [0.25, 0.3) is 0 Å². The molecule has 96 valence electrons. The Morgan fingerprint density at radius 3 is 2.18 bits per heavy atom. The third kappa shape index (κ3) is 5.61. The van der Waals surface area contributed by atoms with Crippen LogP contribution in [0.4, 0.5) is 9.59 Å². The fourth-order valence-corrected chi connectivity index (χ4v) is 0.833. The Morgan fingerprint density at radius 1 is 1.12 bits per heavy atom. The number of hydrogen-bond acceptors (Lipinski definition) is 5. The van der Waals surface area contributed by atoms with Crippen molar-refractivity contribution in [1.82, 2.24) is 21.3 Å². The Balaban J connectivity index is 4.28. The first kappa shape index (κ1) is 15.0. The second-order valence-electron chi connectivity index (χ2n) is 3.66. The van der Waals surface area contributed by atoms with Gasteiger partial charge in [0, 0.05) is 7.05 Å². The quantitative estimate of drug-likeness (QED) is 0.459. The molecule has 0 atom stereocenters. The van der Waals surface area contributed by atoms with E-state index in [0.717, 1.165) is 0 Å². The van der Waals surface area contributed by atoms with E-state index in [4.69, 9.17) is 0 Å². The topological polar surface area (TPSA) is 116 Å². The molecule has 0 rings (SSSR count). The number of carbonyl (C=O) groups is 4. The van der Waals surface area contributed by atoms with Crippen LogP contribution in [-0.2, 0) is 9.59 Å². The molecule has 0 bridgehead atoms. The monoisotopic (exact) mass is 244 g/mol. The van der Waals surface area contributed by atoms with E-state index in [-0.39, 0.29) is 6.54 Å². The molecule has 0 radical (unpaired) electrons. The third-order valence-corrected chi connectivity index (χ3v) is 1.88. The van der Waals surface area contributed by atoms with Gasteiger partial charge in [0.15, 0.2) is 0 Å². The van der Waals surface area contributed by atoms with Crippen molar-refractivity contribution in [2.45, 2.75) is 19.4 Å². The second kappa shape index (κ2) is 6.59. The van der Waals surface area contributed by atoms with Gasteiger partial charge in [0.2, 0.25) is 5.91 Å². The number of aldehydes is 1. The average Bonchev–Trinajstić information content (AvgIpc) is 2.25. The van der Waals surface area contributed by atoms with E-state index in [1.807, 2.05) is 10.6 Å². The molecule has 0 heterocycles. The molecule has 5 amide bonds. The van der Waals surface area contributed by atoms with Crippen LogP contribution in [0.25, 0.3) is 0 Å². The van der Waals surface area contributed by atoms with Gasteiger partial charge in [-0.15, -0.1) is 0 Å². The number of nitrogens with one attached hydrogen (secondary N) is 4. The van der Waals surface area contributed by atoms with Crippen molar-refractivity contribution in [2.24, 2.45) is 0 Å². The van der Waals surface area contributed by atoms with Crippen LogP contribution in [0.1, 0.15) is 13.8 Å². The van der Waals surface area contributed by atoms with E-state index in [0.29, 0.717) is 6.29 Å². The lowest BCUT2D eigenvalue weighted by molar-refractivity contribution is -0.125. The Bertz CT molecular complexity index is 327. The number of amides is 5. The lowest BCUT2D eigenvalue weighted by atomic mass is 10.1. The van der Waals surface area contributed by atoms with E-state index in [1.165, 1.54) is 20.9 Å². The average molecular weight is 244 g/mol. The Morgan fingerprint density at radius 2 is 1.71 bits per heavy atom. The molecule has 0 saturated carbocycles. The molecular weight excluding hydrogens is 228 g/mol. The maximum absolute atomic E-state index is 11.6. The van der Waals surface area contributed by atoms with Crippen LogP contribution < -0.4 is 21.3 Å². The number of imide groups is 2. The molecule has 17 heavy (non-hydrogen) atoms. The molecule has 0 aromatic rings. The molecule has 0 fully saturated rings. The highest BCUT2D eigenvalue weighted by Gasteiger charge is 2.28. The van der Waals surface area contributed by atoms with Crippen LogP contribution >= 0.6 is 0 Å². The zero-order chi connectivity index (χ0) is 13.5. The highest BCUT2D eigenvalue weighted by atomic mass is 16.2.